The maximum atomic E-state index is 12.9. The quantitative estimate of drug-likeness (QED) is 0.441. The summed E-state index contributed by atoms with van der Waals surface area (Å²) >= 11 is 1.57. The molecule has 0 aliphatic carbocycles. The summed E-state index contributed by atoms with van der Waals surface area (Å²) in [5.41, 5.74) is 1.90. The molecule has 0 amide bonds. The minimum absolute atomic E-state index is 0.250. The number of unbranched alkanes of at least 4 members (excludes halogenated alkanes) is 1. The maximum absolute atomic E-state index is 12.9. The van der Waals surface area contributed by atoms with Gasteiger partial charge in [-0.3, -0.25) is 4.72 Å². The van der Waals surface area contributed by atoms with Crippen molar-refractivity contribution in [3.05, 3.63) is 53.4 Å². The number of nitrogens with zero attached hydrogens (tertiary/aromatic N) is 2. The molecule has 3 rings (SSSR count). The van der Waals surface area contributed by atoms with Gasteiger partial charge in [-0.15, -0.1) is 11.3 Å². The van der Waals surface area contributed by atoms with Crippen molar-refractivity contribution < 1.29 is 13.2 Å². The van der Waals surface area contributed by atoms with E-state index in [4.69, 9.17) is 4.74 Å². The minimum atomic E-state index is -3.70. The van der Waals surface area contributed by atoms with E-state index in [0.717, 1.165) is 41.8 Å². The van der Waals surface area contributed by atoms with Crippen molar-refractivity contribution >= 4 is 27.2 Å². The number of rotatable bonds is 11. The third-order valence-corrected chi connectivity index (χ3v) is 6.83. The van der Waals surface area contributed by atoms with Gasteiger partial charge in [-0.05, 0) is 48.4 Å². The van der Waals surface area contributed by atoms with Crippen LogP contribution in [0.3, 0.4) is 0 Å². The summed E-state index contributed by atoms with van der Waals surface area (Å²) in [5.74, 6) is 0.458. The van der Waals surface area contributed by atoms with Crippen LogP contribution in [0.2, 0.25) is 0 Å². The van der Waals surface area contributed by atoms with Crippen LogP contribution in [0.4, 0.5) is 5.82 Å². The Balaban J connectivity index is 1.82. The maximum Gasteiger partial charge on any atom is 0.263 e. The van der Waals surface area contributed by atoms with E-state index >= 15 is 0 Å². The number of nitrogens with one attached hydrogen (secondary N) is 1. The van der Waals surface area contributed by atoms with Crippen LogP contribution >= 0.6 is 11.3 Å². The molecule has 3 aromatic rings. The Bertz CT molecular complexity index is 994. The predicted molar refractivity (Wildman–Crippen MR) is 118 cm³/mol. The molecule has 0 spiro atoms. The van der Waals surface area contributed by atoms with Crippen LogP contribution in [0.15, 0.2) is 52.7 Å². The van der Waals surface area contributed by atoms with E-state index in [-0.39, 0.29) is 4.90 Å². The summed E-state index contributed by atoms with van der Waals surface area (Å²) in [4.78, 5) is 1.25. The largest absolute Gasteiger partial charge is 0.385 e. The van der Waals surface area contributed by atoms with Crippen LogP contribution < -0.4 is 4.72 Å². The van der Waals surface area contributed by atoms with Gasteiger partial charge in [0.25, 0.3) is 10.0 Å². The van der Waals surface area contributed by atoms with Crippen molar-refractivity contribution in [3.8, 4) is 10.6 Å². The fraction of sp³-hybridized carbons (Fsp3) is 0.381. The van der Waals surface area contributed by atoms with E-state index in [2.05, 4.69) is 16.7 Å². The molecule has 2 aromatic heterocycles. The highest BCUT2D eigenvalue weighted by molar-refractivity contribution is 7.92. The van der Waals surface area contributed by atoms with Crippen molar-refractivity contribution in [3.63, 3.8) is 0 Å². The monoisotopic (exact) mass is 433 g/mol. The first kappa shape index (κ1) is 21.5. The third-order valence-electron chi connectivity index (χ3n) is 4.56. The highest BCUT2D eigenvalue weighted by Gasteiger charge is 2.19. The second kappa shape index (κ2) is 10.0. The highest BCUT2D eigenvalue weighted by atomic mass is 32.2. The van der Waals surface area contributed by atoms with Crippen molar-refractivity contribution in [2.45, 2.75) is 44.0 Å². The Labute approximate surface area is 176 Å². The molecule has 0 unspecified atom stereocenters. The molecule has 0 saturated heterocycles. The lowest BCUT2D eigenvalue weighted by molar-refractivity contribution is 0.189. The Morgan fingerprint density at radius 3 is 2.62 bits per heavy atom. The van der Waals surface area contributed by atoms with E-state index < -0.39 is 10.0 Å². The average molecular weight is 434 g/mol. The van der Waals surface area contributed by atoms with Gasteiger partial charge in [-0.1, -0.05) is 31.5 Å². The van der Waals surface area contributed by atoms with E-state index in [1.54, 1.807) is 41.3 Å². The Hall–Kier alpha value is -2.16. The molecule has 29 heavy (non-hydrogen) atoms. The SMILES string of the molecule is CCCCc1ccc(S(=O)(=O)Nc2cc(-c3cccs3)nn2CCCOC)cc1. The zero-order chi connectivity index (χ0) is 20.7. The van der Waals surface area contributed by atoms with Gasteiger partial charge in [0.05, 0.1) is 9.77 Å². The van der Waals surface area contributed by atoms with Crippen molar-refractivity contribution in [2.75, 3.05) is 18.4 Å². The first-order chi connectivity index (χ1) is 14.0. The first-order valence-corrected chi connectivity index (χ1v) is 12.1. The van der Waals surface area contributed by atoms with Crippen LogP contribution in [0.5, 0.6) is 0 Å². The molecule has 6 nitrogen and oxygen atoms in total. The molecule has 1 aromatic carbocycles. The van der Waals surface area contributed by atoms with Crippen molar-refractivity contribution in [1.82, 2.24) is 9.78 Å². The molecule has 156 valence electrons. The normalized spacial score (nSPS) is 11.7. The van der Waals surface area contributed by atoms with Crippen LogP contribution in [-0.2, 0) is 27.7 Å². The Kier molecular flexibility index (Phi) is 7.46. The fourth-order valence-corrected chi connectivity index (χ4v) is 4.72. The van der Waals surface area contributed by atoms with Crippen LogP contribution in [-0.4, -0.2) is 31.9 Å². The summed E-state index contributed by atoms with van der Waals surface area (Å²) in [6.07, 6.45) is 3.90. The van der Waals surface area contributed by atoms with E-state index in [1.807, 2.05) is 29.6 Å². The molecule has 2 heterocycles. The summed E-state index contributed by atoms with van der Waals surface area (Å²) in [6, 6.07) is 12.8. The highest BCUT2D eigenvalue weighted by Crippen LogP contribution is 2.27. The van der Waals surface area contributed by atoms with Crippen molar-refractivity contribution in [2.24, 2.45) is 0 Å². The molecule has 8 heteroatoms. The second-order valence-corrected chi connectivity index (χ2v) is 9.44. The Morgan fingerprint density at radius 1 is 1.17 bits per heavy atom. The second-order valence-electron chi connectivity index (χ2n) is 6.81. The lowest BCUT2D eigenvalue weighted by atomic mass is 10.1. The van der Waals surface area contributed by atoms with Gasteiger partial charge in [0.2, 0.25) is 0 Å². The molecular weight excluding hydrogens is 406 g/mol. The Morgan fingerprint density at radius 2 is 1.97 bits per heavy atom. The molecule has 0 radical (unpaired) electrons. The summed E-state index contributed by atoms with van der Waals surface area (Å²) in [7, 11) is -2.05. The van der Waals surface area contributed by atoms with Gasteiger partial charge in [0, 0.05) is 26.3 Å². The molecule has 0 aliphatic rings. The standard InChI is InChI=1S/C21H27N3O3S2/c1-3-4-7-17-9-11-18(12-10-17)29(25,26)23-21-16-19(20-8-5-15-28-20)22-24(21)13-6-14-27-2/h5,8-12,15-16,23H,3-4,6-7,13-14H2,1-2H3. The number of anilines is 1. The molecule has 0 bridgehead atoms. The average Bonchev–Trinajstić information content (AvgIpc) is 3.37. The molecule has 1 N–H and O–H groups in total. The smallest absolute Gasteiger partial charge is 0.263 e. The van der Waals surface area contributed by atoms with Gasteiger partial charge in [-0.25, -0.2) is 13.1 Å². The topological polar surface area (TPSA) is 73.2 Å². The fourth-order valence-electron chi connectivity index (χ4n) is 2.99. The first-order valence-electron chi connectivity index (χ1n) is 9.76. The lowest BCUT2D eigenvalue weighted by Crippen LogP contribution is -2.17. The summed E-state index contributed by atoms with van der Waals surface area (Å²) < 4.78 is 35.4. The number of benzene rings is 1. The number of thiophene rings is 1. The zero-order valence-electron chi connectivity index (χ0n) is 16.8. The van der Waals surface area contributed by atoms with E-state index in [0.29, 0.717) is 19.0 Å². The number of ether oxygens (including phenoxy) is 1. The number of methoxy groups -OCH3 is 1. The molecular formula is C21H27N3O3S2. The number of sulfonamides is 1. The van der Waals surface area contributed by atoms with E-state index in [1.165, 1.54) is 0 Å². The van der Waals surface area contributed by atoms with Gasteiger partial charge >= 0.3 is 0 Å². The molecule has 0 atom stereocenters. The number of hydrogen-bond donors (Lipinski definition) is 1. The summed E-state index contributed by atoms with van der Waals surface area (Å²) in [6.45, 7) is 3.29. The molecule has 0 fully saturated rings. The van der Waals surface area contributed by atoms with Gasteiger partial charge in [0.1, 0.15) is 11.5 Å². The molecule has 0 saturated carbocycles. The van der Waals surface area contributed by atoms with Gasteiger partial charge in [0.15, 0.2) is 0 Å². The summed E-state index contributed by atoms with van der Waals surface area (Å²) in [5, 5.41) is 6.57. The van der Waals surface area contributed by atoms with Gasteiger partial charge < -0.3 is 4.74 Å². The predicted octanol–water partition coefficient (Wildman–Crippen LogP) is 4.79. The zero-order valence-corrected chi connectivity index (χ0v) is 18.4. The minimum Gasteiger partial charge on any atom is -0.385 e. The van der Waals surface area contributed by atoms with E-state index in [9.17, 15) is 8.42 Å². The number of aryl methyl sites for hydroxylation is 2. The van der Waals surface area contributed by atoms with Crippen LogP contribution in [0, 0.1) is 0 Å². The van der Waals surface area contributed by atoms with Crippen molar-refractivity contribution in [1.29, 1.82) is 0 Å². The third kappa shape index (κ3) is 5.68. The number of aromatic nitrogens is 2. The number of hydrogen-bond acceptors (Lipinski definition) is 5. The lowest BCUT2D eigenvalue weighted by Gasteiger charge is -2.11. The van der Waals surface area contributed by atoms with Gasteiger partial charge in [-0.2, -0.15) is 5.10 Å². The van der Waals surface area contributed by atoms with Crippen LogP contribution in [0.25, 0.3) is 10.6 Å². The molecule has 0 aliphatic heterocycles. The van der Waals surface area contributed by atoms with Crippen LogP contribution in [0.1, 0.15) is 31.7 Å².